The predicted octanol–water partition coefficient (Wildman–Crippen LogP) is 4.14. The minimum absolute atomic E-state index is 0.157. The lowest BCUT2D eigenvalue weighted by molar-refractivity contribution is -0.131. The number of carboxylic acid groups (broad SMARTS) is 1. The van der Waals surface area contributed by atoms with Gasteiger partial charge < -0.3 is 10.2 Å². The predicted molar refractivity (Wildman–Crippen MR) is 109 cm³/mol. The maximum atomic E-state index is 11.7. The van der Waals surface area contributed by atoms with Gasteiger partial charge in [0.15, 0.2) is 0 Å². The van der Waals surface area contributed by atoms with E-state index in [1.54, 1.807) is 6.07 Å². The molecule has 2 aromatic carbocycles. The zero-order valence-corrected chi connectivity index (χ0v) is 16.1. The van der Waals surface area contributed by atoms with Crippen LogP contribution in [-0.4, -0.2) is 40.2 Å². The van der Waals surface area contributed by atoms with Crippen molar-refractivity contribution in [1.82, 2.24) is 4.90 Å². The van der Waals surface area contributed by atoms with Crippen molar-refractivity contribution in [3.63, 3.8) is 0 Å². The summed E-state index contributed by atoms with van der Waals surface area (Å²) in [6, 6.07) is 18.0. The minimum atomic E-state index is -0.878. The molecule has 28 heavy (non-hydrogen) atoms. The maximum absolute atomic E-state index is 11.7. The molecule has 0 aromatic heterocycles. The fourth-order valence-corrected chi connectivity index (χ4v) is 5.17. The normalized spacial score (nSPS) is 26.3. The number of hydrogen-bond acceptors (Lipinski definition) is 3. The van der Waals surface area contributed by atoms with Gasteiger partial charge in [-0.05, 0) is 61.1 Å². The number of benzene rings is 2. The second-order valence-electron chi connectivity index (χ2n) is 8.00. The first-order valence-electron chi connectivity index (χ1n) is 10.1. The van der Waals surface area contributed by atoms with Crippen molar-refractivity contribution in [3.05, 3.63) is 77.4 Å². The van der Waals surface area contributed by atoms with E-state index in [4.69, 9.17) is 0 Å². The fraction of sp³-hybridized carbons (Fsp3) is 0.375. The van der Waals surface area contributed by atoms with Crippen LogP contribution >= 0.6 is 0 Å². The average Bonchev–Trinajstić information content (AvgIpc) is 2.68. The topological polar surface area (TPSA) is 60.8 Å². The van der Waals surface area contributed by atoms with Gasteiger partial charge in [0, 0.05) is 24.1 Å². The number of carboxylic acids is 1. The van der Waals surface area contributed by atoms with E-state index in [2.05, 4.69) is 29.2 Å². The monoisotopic (exact) mass is 377 g/mol. The fourth-order valence-electron chi connectivity index (χ4n) is 5.17. The Bertz CT molecular complexity index is 876. The van der Waals surface area contributed by atoms with Gasteiger partial charge in [0.05, 0.1) is 0 Å². The Kier molecular flexibility index (Phi) is 5.23. The van der Waals surface area contributed by atoms with Gasteiger partial charge in [-0.15, -0.1) is 0 Å². The molecule has 146 valence electrons. The average molecular weight is 377 g/mol. The van der Waals surface area contributed by atoms with Crippen LogP contribution in [0.1, 0.15) is 36.8 Å². The quantitative estimate of drug-likeness (QED) is 0.769. The first kappa shape index (κ1) is 18.8. The number of piperidine rings is 1. The van der Waals surface area contributed by atoms with Gasteiger partial charge in [-0.25, -0.2) is 4.79 Å². The zero-order chi connectivity index (χ0) is 19.6. The molecule has 1 heterocycles. The van der Waals surface area contributed by atoms with Gasteiger partial charge in [0.1, 0.15) is 5.75 Å². The SMILES string of the molecule is O=C(O)/C=C1\C2CCCC1(c1cccc(O)c1)CCN2CCc1ccccc1. The van der Waals surface area contributed by atoms with Crippen LogP contribution in [0.5, 0.6) is 5.75 Å². The Balaban J connectivity index is 1.65. The first-order chi connectivity index (χ1) is 13.6. The molecule has 2 aromatic rings. The molecule has 0 amide bonds. The first-order valence-corrected chi connectivity index (χ1v) is 10.1. The maximum Gasteiger partial charge on any atom is 0.328 e. The van der Waals surface area contributed by atoms with Crippen LogP contribution in [-0.2, 0) is 16.6 Å². The Labute approximate surface area is 166 Å². The highest BCUT2D eigenvalue weighted by Gasteiger charge is 2.47. The van der Waals surface area contributed by atoms with E-state index in [1.807, 2.05) is 24.3 Å². The molecule has 0 radical (unpaired) electrons. The van der Waals surface area contributed by atoms with E-state index >= 15 is 0 Å². The number of phenols is 1. The van der Waals surface area contributed by atoms with Crippen molar-refractivity contribution in [2.24, 2.45) is 0 Å². The summed E-state index contributed by atoms with van der Waals surface area (Å²) < 4.78 is 0. The molecule has 2 bridgehead atoms. The van der Waals surface area contributed by atoms with Crippen LogP contribution in [0, 0.1) is 0 Å². The molecule has 1 aliphatic heterocycles. The molecule has 2 atom stereocenters. The third kappa shape index (κ3) is 3.57. The third-order valence-corrected chi connectivity index (χ3v) is 6.47. The number of hydrogen-bond donors (Lipinski definition) is 2. The number of rotatable bonds is 5. The number of phenolic OH excluding ortho intramolecular Hbond substituents is 1. The van der Waals surface area contributed by atoms with Gasteiger partial charge in [-0.3, -0.25) is 4.90 Å². The van der Waals surface area contributed by atoms with Crippen LogP contribution in [0.15, 0.2) is 66.2 Å². The number of carbonyl (C=O) groups is 1. The summed E-state index contributed by atoms with van der Waals surface area (Å²) in [4.78, 5) is 14.1. The summed E-state index contributed by atoms with van der Waals surface area (Å²) in [5.41, 5.74) is 3.10. The summed E-state index contributed by atoms with van der Waals surface area (Å²) in [6.45, 7) is 1.88. The van der Waals surface area contributed by atoms with E-state index in [0.29, 0.717) is 0 Å². The van der Waals surface area contributed by atoms with E-state index < -0.39 is 5.97 Å². The molecule has 2 unspecified atom stereocenters. The van der Waals surface area contributed by atoms with Crippen molar-refractivity contribution >= 4 is 5.97 Å². The summed E-state index contributed by atoms with van der Waals surface area (Å²) in [5, 5.41) is 19.6. The largest absolute Gasteiger partial charge is 0.508 e. The van der Waals surface area contributed by atoms with Crippen molar-refractivity contribution in [3.8, 4) is 5.75 Å². The van der Waals surface area contributed by atoms with Gasteiger partial charge in [-0.2, -0.15) is 0 Å². The number of fused-ring (bicyclic) bond motifs is 2. The molecule has 1 saturated heterocycles. The van der Waals surface area contributed by atoms with Crippen LogP contribution in [0.4, 0.5) is 0 Å². The van der Waals surface area contributed by atoms with Gasteiger partial charge >= 0.3 is 5.97 Å². The molecule has 4 heteroatoms. The standard InChI is InChI=1S/C24H27NO3/c26-20-9-4-8-19(16-20)24-12-5-10-22(21(24)17-23(27)28)25(15-13-24)14-11-18-6-2-1-3-7-18/h1-4,6-9,16-17,22,26H,5,10-15H2,(H,27,28)/b21-17+. The Morgan fingerprint density at radius 2 is 1.96 bits per heavy atom. The Morgan fingerprint density at radius 3 is 2.71 bits per heavy atom. The molecule has 2 N–H and O–H groups in total. The van der Waals surface area contributed by atoms with E-state index in [1.165, 1.54) is 11.6 Å². The van der Waals surface area contributed by atoms with Gasteiger partial charge in [0.25, 0.3) is 0 Å². The molecule has 1 saturated carbocycles. The third-order valence-electron chi connectivity index (χ3n) is 6.47. The summed E-state index contributed by atoms with van der Waals surface area (Å²) in [5.74, 6) is -0.633. The van der Waals surface area contributed by atoms with Gasteiger partial charge in [-0.1, -0.05) is 48.9 Å². The second kappa shape index (κ2) is 7.80. The smallest absolute Gasteiger partial charge is 0.328 e. The summed E-state index contributed by atoms with van der Waals surface area (Å²) >= 11 is 0. The molecule has 2 fully saturated rings. The van der Waals surface area contributed by atoms with Crippen LogP contribution in [0.25, 0.3) is 0 Å². The number of likely N-dealkylation sites (tertiary alicyclic amines) is 1. The molecular formula is C24H27NO3. The summed E-state index contributed by atoms with van der Waals surface area (Å²) in [7, 11) is 0. The molecular weight excluding hydrogens is 350 g/mol. The molecule has 4 rings (SSSR count). The highest BCUT2D eigenvalue weighted by atomic mass is 16.4. The van der Waals surface area contributed by atoms with Crippen LogP contribution < -0.4 is 0 Å². The lowest BCUT2D eigenvalue weighted by Gasteiger charge is -2.53. The van der Waals surface area contributed by atoms with E-state index in [-0.39, 0.29) is 17.2 Å². The highest BCUT2D eigenvalue weighted by Crippen LogP contribution is 2.51. The number of nitrogens with zero attached hydrogens (tertiary/aromatic N) is 1. The van der Waals surface area contributed by atoms with Crippen molar-refractivity contribution in [1.29, 1.82) is 0 Å². The molecule has 0 spiro atoms. The molecule has 2 aliphatic rings. The number of aromatic hydroxyl groups is 1. The second-order valence-corrected chi connectivity index (χ2v) is 8.00. The zero-order valence-electron chi connectivity index (χ0n) is 16.1. The van der Waals surface area contributed by atoms with Crippen LogP contribution in [0.2, 0.25) is 0 Å². The van der Waals surface area contributed by atoms with Crippen LogP contribution in [0.3, 0.4) is 0 Å². The minimum Gasteiger partial charge on any atom is -0.508 e. The summed E-state index contributed by atoms with van der Waals surface area (Å²) in [6.07, 6.45) is 6.31. The van der Waals surface area contributed by atoms with Crippen molar-refractivity contribution in [2.75, 3.05) is 13.1 Å². The lowest BCUT2D eigenvalue weighted by atomic mass is 9.60. The van der Waals surface area contributed by atoms with Crippen molar-refractivity contribution in [2.45, 2.75) is 43.6 Å². The molecule has 4 nitrogen and oxygen atoms in total. The Morgan fingerprint density at radius 1 is 1.14 bits per heavy atom. The van der Waals surface area contributed by atoms with Crippen molar-refractivity contribution < 1.29 is 15.0 Å². The number of aliphatic carboxylic acids is 1. The highest BCUT2D eigenvalue weighted by molar-refractivity contribution is 5.82. The van der Waals surface area contributed by atoms with E-state index in [0.717, 1.165) is 56.3 Å². The Hall–Kier alpha value is -2.59. The lowest BCUT2D eigenvalue weighted by Crippen LogP contribution is -2.54. The molecule has 1 aliphatic carbocycles. The van der Waals surface area contributed by atoms with E-state index in [9.17, 15) is 15.0 Å². The van der Waals surface area contributed by atoms with Gasteiger partial charge in [0.2, 0.25) is 0 Å².